The number of nitrogens with zero attached hydrogens (tertiary/aromatic N) is 1. The molecule has 0 aromatic heterocycles. The number of fused-ring (bicyclic) bond motifs is 1. The van der Waals surface area contributed by atoms with Crippen LogP contribution in [0.4, 0.5) is 4.79 Å². The number of amides is 2. The molecule has 4 nitrogen and oxygen atoms in total. The van der Waals surface area contributed by atoms with Crippen LogP contribution in [0.25, 0.3) is 16.8 Å². The molecule has 6 heteroatoms. The number of hydrogen-bond donors (Lipinski definition) is 0. The Hall–Kier alpha value is -3.54. The summed E-state index contributed by atoms with van der Waals surface area (Å²) < 4.78 is 6.16. The lowest BCUT2D eigenvalue weighted by atomic mass is 10.0. The largest absolute Gasteiger partial charge is 0.488 e. The number of carbonyl (C=O) groups is 2. The van der Waals surface area contributed by atoms with E-state index in [2.05, 4.69) is 0 Å². The predicted molar refractivity (Wildman–Crippen MR) is 138 cm³/mol. The van der Waals surface area contributed by atoms with Crippen LogP contribution in [0, 0.1) is 0 Å². The summed E-state index contributed by atoms with van der Waals surface area (Å²) in [6, 6.07) is 28.8. The fraction of sp³-hybridized carbons (Fsp3) is 0.0714. The molecule has 2 amide bonds. The smallest absolute Gasteiger partial charge is 0.293 e. The van der Waals surface area contributed by atoms with Crippen molar-refractivity contribution >= 4 is 51.4 Å². The second kappa shape index (κ2) is 9.75. The van der Waals surface area contributed by atoms with Gasteiger partial charge in [-0.1, -0.05) is 90.5 Å². The Bertz CT molecular complexity index is 1420. The van der Waals surface area contributed by atoms with E-state index in [1.807, 2.05) is 91.0 Å². The summed E-state index contributed by atoms with van der Waals surface area (Å²) in [5.74, 6) is 0.317. The molecule has 0 unspecified atom stereocenters. The van der Waals surface area contributed by atoms with Gasteiger partial charge >= 0.3 is 0 Å². The van der Waals surface area contributed by atoms with E-state index in [9.17, 15) is 9.59 Å². The first-order chi connectivity index (χ1) is 16.6. The Labute approximate surface area is 206 Å². The van der Waals surface area contributed by atoms with Gasteiger partial charge in [-0.25, -0.2) is 0 Å². The fourth-order valence-corrected chi connectivity index (χ4v) is 4.87. The monoisotopic (exact) mass is 485 g/mol. The van der Waals surface area contributed by atoms with E-state index in [0.29, 0.717) is 15.7 Å². The van der Waals surface area contributed by atoms with Gasteiger partial charge in [-0.2, -0.15) is 0 Å². The number of imide groups is 1. The van der Waals surface area contributed by atoms with Crippen molar-refractivity contribution in [3.05, 3.63) is 118 Å². The lowest BCUT2D eigenvalue weighted by molar-refractivity contribution is -0.123. The number of carbonyl (C=O) groups excluding carboxylic acids is 2. The summed E-state index contributed by atoms with van der Waals surface area (Å²) in [6.07, 6.45) is 1.76. The van der Waals surface area contributed by atoms with Crippen LogP contribution < -0.4 is 4.74 Å². The van der Waals surface area contributed by atoms with Gasteiger partial charge in [-0.3, -0.25) is 14.5 Å². The number of benzene rings is 4. The summed E-state index contributed by atoms with van der Waals surface area (Å²) in [5, 5.41) is 2.31. The molecule has 0 N–H and O–H groups in total. The van der Waals surface area contributed by atoms with Crippen molar-refractivity contribution in [3.8, 4) is 5.75 Å². The zero-order valence-corrected chi connectivity index (χ0v) is 19.7. The summed E-state index contributed by atoms with van der Waals surface area (Å²) in [4.78, 5) is 27.5. The molecule has 168 valence electrons. The average Bonchev–Trinajstić information content (AvgIpc) is 3.12. The van der Waals surface area contributed by atoms with E-state index < -0.39 is 0 Å². The summed E-state index contributed by atoms with van der Waals surface area (Å²) in [5.41, 5.74) is 2.53. The Morgan fingerprint density at radius 3 is 2.41 bits per heavy atom. The lowest BCUT2D eigenvalue weighted by Gasteiger charge is -2.14. The summed E-state index contributed by atoms with van der Waals surface area (Å²) in [7, 11) is 0. The average molecular weight is 486 g/mol. The molecule has 1 fully saturated rings. The Morgan fingerprint density at radius 1 is 0.853 bits per heavy atom. The van der Waals surface area contributed by atoms with E-state index in [0.717, 1.165) is 39.2 Å². The third-order valence-corrected chi connectivity index (χ3v) is 6.88. The van der Waals surface area contributed by atoms with Crippen LogP contribution in [-0.2, 0) is 17.9 Å². The molecule has 1 aliphatic rings. The van der Waals surface area contributed by atoms with Gasteiger partial charge in [-0.15, -0.1) is 0 Å². The van der Waals surface area contributed by atoms with Gasteiger partial charge in [0.25, 0.3) is 11.1 Å². The van der Waals surface area contributed by atoms with Crippen molar-refractivity contribution in [1.29, 1.82) is 0 Å². The topological polar surface area (TPSA) is 46.6 Å². The highest BCUT2D eigenvalue weighted by Crippen LogP contribution is 2.37. The number of rotatable bonds is 6. The number of hydrogen-bond acceptors (Lipinski definition) is 4. The van der Waals surface area contributed by atoms with Crippen molar-refractivity contribution in [2.75, 3.05) is 0 Å². The molecule has 4 aromatic rings. The van der Waals surface area contributed by atoms with Crippen LogP contribution in [0.1, 0.15) is 16.7 Å². The zero-order valence-electron chi connectivity index (χ0n) is 18.1. The van der Waals surface area contributed by atoms with Gasteiger partial charge < -0.3 is 4.74 Å². The van der Waals surface area contributed by atoms with E-state index >= 15 is 0 Å². The first-order valence-corrected chi connectivity index (χ1v) is 12.0. The third kappa shape index (κ3) is 4.58. The van der Waals surface area contributed by atoms with Gasteiger partial charge in [0.1, 0.15) is 12.4 Å². The van der Waals surface area contributed by atoms with Gasteiger partial charge in [0.05, 0.1) is 11.4 Å². The molecule has 0 aliphatic carbocycles. The van der Waals surface area contributed by atoms with Crippen molar-refractivity contribution in [2.45, 2.75) is 13.2 Å². The first kappa shape index (κ1) is 22.3. The van der Waals surface area contributed by atoms with Crippen LogP contribution >= 0.6 is 23.4 Å². The number of ether oxygens (including phenoxy) is 1. The van der Waals surface area contributed by atoms with Crippen molar-refractivity contribution < 1.29 is 14.3 Å². The lowest BCUT2D eigenvalue weighted by Crippen LogP contribution is -2.27. The van der Waals surface area contributed by atoms with Crippen LogP contribution in [-0.4, -0.2) is 16.0 Å². The third-order valence-electron chi connectivity index (χ3n) is 5.60. The zero-order chi connectivity index (χ0) is 23.5. The standard InChI is InChI=1S/C28H20ClNO3S/c29-24-13-7-5-11-21(24)18-33-25-15-14-20-10-4-6-12-22(20)23(25)16-26-27(31)30(28(32)34-26)17-19-8-2-1-3-9-19/h1-16H,17-18H2/b26-16-. The molecule has 0 saturated carbocycles. The molecule has 0 bridgehead atoms. The summed E-state index contributed by atoms with van der Waals surface area (Å²) >= 11 is 7.25. The number of thioether (sulfide) groups is 1. The molecule has 1 aliphatic heterocycles. The van der Waals surface area contributed by atoms with Crippen LogP contribution in [0.2, 0.25) is 5.02 Å². The Kier molecular flexibility index (Phi) is 6.39. The molecular weight excluding hydrogens is 466 g/mol. The minimum atomic E-state index is -0.302. The second-order valence-electron chi connectivity index (χ2n) is 7.83. The van der Waals surface area contributed by atoms with Gasteiger partial charge in [0.15, 0.2) is 0 Å². The summed E-state index contributed by atoms with van der Waals surface area (Å²) in [6.45, 7) is 0.530. The van der Waals surface area contributed by atoms with Crippen molar-refractivity contribution in [1.82, 2.24) is 4.90 Å². The highest BCUT2D eigenvalue weighted by molar-refractivity contribution is 8.18. The quantitative estimate of drug-likeness (QED) is 0.269. The Morgan fingerprint density at radius 2 is 1.59 bits per heavy atom. The van der Waals surface area contributed by atoms with Gasteiger partial charge in [0.2, 0.25) is 0 Å². The minimum Gasteiger partial charge on any atom is -0.488 e. The molecule has 1 saturated heterocycles. The van der Waals surface area contributed by atoms with E-state index in [-0.39, 0.29) is 24.3 Å². The van der Waals surface area contributed by atoms with E-state index in [1.165, 1.54) is 4.90 Å². The molecule has 0 spiro atoms. The van der Waals surface area contributed by atoms with Crippen LogP contribution in [0.5, 0.6) is 5.75 Å². The molecule has 1 heterocycles. The Balaban J connectivity index is 1.49. The normalized spacial score (nSPS) is 14.9. The van der Waals surface area contributed by atoms with Crippen molar-refractivity contribution in [3.63, 3.8) is 0 Å². The highest BCUT2D eigenvalue weighted by Gasteiger charge is 2.35. The number of halogens is 1. The van der Waals surface area contributed by atoms with Crippen LogP contribution in [0.15, 0.2) is 95.9 Å². The van der Waals surface area contributed by atoms with Crippen molar-refractivity contribution in [2.24, 2.45) is 0 Å². The predicted octanol–water partition coefficient (Wildman–Crippen LogP) is 7.31. The van der Waals surface area contributed by atoms with Crippen LogP contribution in [0.3, 0.4) is 0 Å². The molecule has 34 heavy (non-hydrogen) atoms. The molecule has 0 radical (unpaired) electrons. The fourth-order valence-electron chi connectivity index (χ4n) is 3.85. The minimum absolute atomic E-state index is 0.244. The van der Waals surface area contributed by atoms with E-state index in [4.69, 9.17) is 16.3 Å². The maximum absolute atomic E-state index is 13.2. The highest BCUT2D eigenvalue weighted by atomic mass is 35.5. The maximum atomic E-state index is 13.2. The molecule has 0 atom stereocenters. The maximum Gasteiger partial charge on any atom is 0.293 e. The molecule has 5 rings (SSSR count). The molecular formula is C28H20ClNO3S. The van der Waals surface area contributed by atoms with Gasteiger partial charge in [-0.05, 0) is 46.3 Å². The van der Waals surface area contributed by atoms with E-state index in [1.54, 1.807) is 6.08 Å². The molecule has 4 aromatic carbocycles. The van der Waals surface area contributed by atoms with Gasteiger partial charge in [0, 0.05) is 16.1 Å². The second-order valence-corrected chi connectivity index (χ2v) is 9.23. The first-order valence-electron chi connectivity index (χ1n) is 10.8. The SMILES string of the molecule is O=C1S/C(=C\c2c(OCc3ccccc3Cl)ccc3ccccc23)C(=O)N1Cc1ccccc1.